The van der Waals surface area contributed by atoms with Crippen LogP contribution >= 0.6 is 0 Å². The minimum absolute atomic E-state index is 0.255. The Kier molecular flexibility index (Phi) is 4.84. The summed E-state index contributed by atoms with van der Waals surface area (Å²) in [6, 6.07) is 17.7. The van der Waals surface area contributed by atoms with Gasteiger partial charge < -0.3 is 9.15 Å². The van der Waals surface area contributed by atoms with Crippen molar-refractivity contribution in [1.29, 1.82) is 0 Å². The van der Waals surface area contributed by atoms with Crippen molar-refractivity contribution in [2.75, 3.05) is 0 Å². The summed E-state index contributed by atoms with van der Waals surface area (Å²) in [5.41, 5.74) is 1.78. The Labute approximate surface area is 134 Å². The normalized spacial score (nSPS) is 11.0. The summed E-state index contributed by atoms with van der Waals surface area (Å²) in [5.74, 6) is 1.31. The van der Waals surface area contributed by atoms with E-state index in [1.807, 2.05) is 42.5 Å². The second-order valence-electron chi connectivity index (χ2n) is 5.04. The number of ether oxygens (including phenoxy) is 1. The van der Waals surface area contributed by atoms with Crippen LogP contribution in [0.25, 0.3) is 0 Å². The van der Waals surface area contributed by atoms with Gasteiger partial charge in [-0.15, -0.1) is 0 Å². The smallest absolute Gasteiger partial charge is 0.125 e. The molecule has 0 atom stereocenters. The number of hydrogen-bond acceptors (Lipinski definition) is 3. The summed E-state index contributed by atoms with van der Waals surface area (Å²) >= 11 is 0. The number of benzene rings is 2. The molecule has 2 aromatic carbocycles. The van der Waals surface area contributed by atoms with Crippen molar-refractivity contribution in [3.8, 4) is 5.75 Å². The van der Waals surface area contributed by atoms with Crippen molar-refractivity contribution in [3.63, 3.8) is 0 Å². The lowest BCUT2D eigenvalue weighted by Crippen LogP contribution is -1.96. The van der Waals surface area contributed by atoms with Gasteiger partial charge in [0.05, 0.1) is 12.8 Å². The maximum atomic E-state index is 13.1. The minimum Gasteiger partial charge on any atom is -0.489 e. The van der Waals surface area contributed by atoms with Crippen LogP contribution in [0.1, 0.15) is 16.9 Å². The topological polar surface area (TPSA) is 34.7 Å². The number of nitrogens with zero attached hydrogens (tertiary/aromatic N) is 1. The lowest BCUT2D eigenvalue weighted by molar-refractivity contribution is 0.305. The number of furan rings is 1. The van der Waals surface area contributed by atoms with Crippen LogP contribution in [0.3, 0.4) is 0 Å². The molecule has 3 aromatic rings. The fourth-order valence-corrected chi connectivity index (χ4v) is 2.09. The van der Waals surface area contributed by atoms with Gasteiger partial charge >= 0.3 is 0 Å². The zero-order chi connectivity index (χ0) is 15.9. The van der Waals surface area contributed by atoms with Crippen molar-refractivity contribution in [2.45, 2.75) is 13.2 Å². The van der Waals surface area contributed by atoms with E-state index in [0.717, 1.165) is 22.6 Å². The Hall–Kier alpha value is -2.88. The molecule has 0 aliphatic heterocycles. The molecule has 0 N–H and O–H groups in total. The number of halogens is 1. The molecular weight excluding hydrogens is 293 g/mol. The fourth-order valence-electron chi connectivity index (χ4n) is 2.09. The predicted octanol–water partition coefficient (Wildman–Crippen LogP) is 4.62. The van der Waals surface area contributed by atoms with E-state index >= 15 is 0 Å². The molecule has 3 nitrogen and oxygen atoms in total. The third-order valence-corrected chi connectivity index (χ3v) is 3.24. The Morgan fingerprint density at radius 1 is 1.04 bits per heavy atom. The van der Waals surface area contributed by atoms with Crippen molar-refractivity contribution >= 4 is 6.21 Å². The lowest BCUT2D eigenvalue weighted by atomic mass is 10.2. The van der Waals surface area contributed by atoms with Gasteiger partial charge in [0.2, 0.25) is 0 Å². The quantitative estimate of drug-likeness (QED) is 0.623. The molecular formula is C19H16FNO2. The molecule has 0 amide bonds. The SMILES string of the molecule is Fc1cccc(COc2ccc(/C=N\Cc3ccco3)cc2)c1. The largest absolute Gasteiger partial charge is 0.489 e. The van der Waals surface area contributed by atoms with Gasteiger partial charge in [0.1, 0.15) is 23.9 Å². The molecule has 0 bridgehead atoms. The zero-order valence-corrected chi connectivity index (χ0v) is 12.5. The molecule has 0 saturated heterocycles. The standard InChI is InChI=1S/C19H16FNO2/c20-17-4-1-3-16(11-17)14-23-18-8-6-15(7-9-18)12-21-13-19-5-2-10-22-19/h1-12H,13-14H2/b21-12-. The van der Waals surface area contributed by atoms with Crippen molar-refractivity contribution in [1.82, 2.24) is 0 Å². The van der Waals surface area contributed by atoms with Crippen molar-refractivity contribution in [3.05, 3.63) is 89.6 Å². The van der Waals surface area contributed by atoms with Gasteiger partial charge in [-0.05, 0) is 59.7 Å². The minimum atomic E-state index is -0.255. The highest BCUT2D eigenvalue weighted by molar-refractivity contribution is 5.79. The summed E-state index contributed by atoms with van der Waals surface area (Å²) < 4.78 is 23.9. The molecule has 1 heterocycles. The van der Waals surface area contributed by atoms with Crippen LogP contribution in [0.4, 0.5) is 4.39 Å². The van der Waals surface area contributed by atoms with Crippen LogP contribution in [0, 0.1) is 5.82 Å². The first kappa shape index (κ1) is 15.0. The maximum absolute atomic E-state index is 13.1. The summed E-state index contributed by atoms with van der Waals surface area (Å²) in [6.07, 6.45) is 3.43. The van der Waals surface area contributed by atoms with Gasteiger partial charge in [0.25, 0.3) is 0 Å². The lowest BCUT2D eigenvalue weighted by Gasteiger charge is -2.06. The highest BCUT2D eigenvalue weighted by Gasteiger charge is 1.98. The Morgan fingerprint density at radius 3 is 2.65 bits per heavy atom. The van der Waals surface area contributed by atoms with E-state index in [4.69, 9.17) is 9.15 Å². The molecule has 0 unspecified atom stereocenters. The molecule has 23 heavy (non-hydrogen) atoms. The number of rotatable bonds is 6. The molecule has 0 saturated carbocycles. The van der Waals surface area contributed by atoms with E-state index in [1.165, 1.54) is 12.1 Å². The third-order valence-electron chi connectivity index (χ3n) is 3.24. The summed E-state index contributed by atoms with van der Waals surface area (Å²) in [6.45, 7) is 0.856. The van der Waals surface area contributed by atoms with Crippen LogP contribution in [0.15, 0.2) is 76.3 Å². The van der Waals surface area contributed by atoms with Gasteiger partial charge in [-0.2, -0.15) is 0 Å². The van der Waals surface area contributed by atoms with Gasteiger partial charge in [-0.3, -0.25) is 4.99 Å². The molecule has 0 aliphatic rings. The van der Waals surface area contributed by atoms with Crippen LogP contribution in [0.2, 0.25) is 0 Å². The second kappa shape index (κ2) is 7.40. The van der Waals surface area contributed by atoms with Crippen LogP contribution < -0.4 is 4.74 Å². The van der Waals surface area contributed by atoms with E-state index in [1.54, 1.807) is 18.5 Å². The molecule has 3 rings (SSSR count). The summed E-state index contributed by atoms with van der Waals surface area (Å²) in [4.78, 5) is 4.32. The molecule has 116 valence electrons. The van der Waals surface area contributed by atoms with Crippen LogP contribution in [-0.2, 0) is 13.2 Å². The Morgan fingerprint density at radius 2 is 1.91 bits per heavy atom. The first-order chi connectivity index (χ1) is 11.3. The van der Waals surface area contributed by atoms with Gasteiger partial charge in [-0.25, -0.2) is 4.39 Å². The average molecular weight is 309 g/mol. The fraction of sp³-hybridized carbons (Fsp3) is 0.105. The highest BCUT2D eigenvalue weighted by Crippen LogP contribution is 2.14. The molecule has 0 spiro atoms. The molecule has 1 aromatic heterocycles. The number of aliphatic imine (C=N–C) groups is 1. The molecule has 0 radical (unpaired) electrons. The van der Waals surface area contributed by atoms with E-state index in [2.05, 4.69) is 4.99 Å². The molecule has 4 heteroatoms. The van der Waals surface area contributed by atoms with Crippen molar-refractivity contribution < 1.29 is 13.5 Å². The summed E-state index contributed by atoms with van der Waals surface area (Å²) in [5, 5.41) is 0. The van der Waals surface area contributed by atoms with Gasteiger partial charge in [0.15, 0.2) is 0 Å². The third kappa shape index (κ3) is 4.54. The first-order valence-electron chi connectivity index (χ1n) is 7.29. The van der Waals surface area contributed by atoms with E-state index in [9.17, 15) is 4.39 Å². The molecule has 0 fully saturated rings. The maximum Gasteiger partial charge on any atom is 0.125 e. The highest BCUT2D eigenvalue weighted by atomic mass is 19.1. The van der Waals surface area contributed by atoms with E-state index < -0.39 is 0 Å². The summed E-state index contributed by atoms with van der Waals surface area (Å²) in [7, 11) is 0. The van der Waals surface area contributed by atoms with Gasteiger partial charge in [-0.1, -0.05) is 12.1 Å². The van der Waals surface area contributed by atoms with E-state index in [0.29, 0.717) is 13.2 Å². The first-order valence-corrected chi connectivity index (χ1v) is 7.29. The predicted molar refractivity (Wildman–Crippen MR) is 87.2 cm³/mol. The van der Waals surface area contributed by atoms with Crippen LogP contribution in [0.5, 0.6) is 5.75 Å². The molecule has 0 aliphatic carbocycles. The Balaban J connectivity index is 1.53. The average Bonchev–Trinajstić information content (AvgIpc) is 3.08. The van der Waals surface area contributed by atoms with E-state index in [-0.39, 0.29) is 5.82 Å². The Bertz CT molecular complexity index is 764. The second-order valence-corrected chi connectivity index (χ2v) is 5.04. The van der Waals surface area contributed by atoms with Crippen molar-refractivity contribution in [2.24, 2.45) is 4.99 Å². The van der Waals surface area contributed by atoms with Gasteiger partial charge in [0, 0.05) is 6.21 Å². The number of hydrogen-bond donors (Lipinski definition) is 0. The zero-order valence-electron chi connectivity index (χ0n) is 12.5. The monoisotopic (exact) mass is 309 g/mol. The van der Waals surface area contributed by atoms with Crippen LogP contribution in [-0.4, -0.2) is 6.21 Å².